The molecule has 0 aliphatic carbocycles. The van der Waals surface area contributed by atoms with Crippen LogP contribution in [0.5, 0.6) is 0 Å². The van der Waals surface area contributed by atoms with Gasteiger partial charge in [-0.05, 0) is 44.9 Å². The standard InChI is InChI=1S/C44H85N2O6P/c1-6-8-10-12-14-15-16-17-18-19-20-21-22-23-24-25-26-27-28-29-30-31-32-33-35-37-43(47)42(45-44(48)38-36-34-13-11-9-7-2)41-52-53(49,50)51-40-39-46(3,4)5/h26-27,30-31,35,37,42-43,47H,6-25,28-29,32-34,36,38-41H2,1-5H3,(H-,45,48,49,50)/b27-26+,31-30+,37-35+. The predicted octanol–water partition coefficient (Wildman–Crippen LogP) is 11.3. The van der Waals surface area contributed by atoms with Gasteiger partial charge in [0, 0.05) is 6.42 Å². The second-order valence-electron chi connectivity index (χ2n) is 16.0. The van der Waals surface area contributed by atoms with Crippen LogP contribution in [0.3, 0.4) is 0 Å². The van der Waals surface area contributed by atoms with Crippen LogP contribution in [-0.2, 0) is 18.4 Å². The van der Waals surface area contributed by atoms with E-state index >= 15 is 0 Å². The molecule has 0 fully saturated rings. The minimum absolute atomic E-state index is 0.00877. The molecule has 0 saturated carbocycles. The number of likely N-dealkylation sites (N-methyl/N-ethyl adjacent to an activating group) is 1. The maximum absolute atomic E-state index is 12.6. The largest absolute Gasteiger partial charge is 0.756 e. The Morgan fingerprint density at radius 3 is 1.53 bits per heavy atom. The highest BCUT2D eigenvalue weighted by atomic mass is 31.2. The molecular weight excluding hydrogens is 683 g/mol. The molecule has 0 spiro atoms. The van der Waals surface area contributed by atoms with Gasteiger partial charge in [0.15, 0.2) is 0 Å². The highest BCUT2D eigenvalue weighted by Crippen LogP contribution is 2.38. The van der Waals surface area contributed by atoms with E-state index < -0.39 is 26.6 Å². The molecule has 9 heteroatoms. The van der Waals surface area contributed by atoms with Crippen molar-refractivity contribution in [3.05, 3.63) is 36.5 Å². The van der Waals surface area contributed by atoms with Crippen LogP contribution in [0.4, 0.5) is 0 Å². The molecule has 0 aromatic carbocycles. The van der Waals surface area contributed by atoms with Crippen LogP contribution in [0.2, 0.25) is 0 Å². The van der Waals surface area contributed by atoms with Crippen molar-refractivity contribution in [2.45, 2.75) is 199 Å². The van der Waals surface area contributed by atoms with E-state index in [0.29, 0.717) is 17.4 Å². The summed E-state index contributed by atoms with van der Waals surface area (Å²) in [4.78, 5) is 25.0. The summed E-state index contributed by atoms with van der Waals surface area (Å²) in [6.45, 7) is 4.54. The summed E-state index contributed by atoms with van der Waals surface area (Å²) in [6, 6.07) is -0.903. The van der Waals surface area contributed by atoms with Gasteiger partial charge in [-0.1, -0.05) is 172 Å². The zero-order chi connectivity index (χ0) is 39.3. The van der Waals surface area contributed by atoms with Gasteiger partial charge in [0.25, 0.3) is 7.82 Å². The zero-order valence-corrected chi connectivity index (χ0v) is 36.1. The van der Waals surface area contributed by atoms with E-state index in [0.717, 1.165) is 51.4 Å². The van der Waals surface area contributed by atoms with Crippen LogP contribution in [-0.4, -0.2) is 68.5 Å². The Kier molecular flexibility index (Phi) is 35.5. The lowest BCUT2D eigenvalue weighted by atomic mass is 10.0. The van der Waals surface area contributed by atoms with Crippen molar-refractivity contribution in [3.8, 4) is 0 Å². The van der Waals surface area contributed by atoms with Crippen molar-refractivity contribution in [2.75, 3.05) is 40.9 Å². The Hall–Kier alpha value is -1.28. The third-order valence-corrected chi connectivity index (χ3v) is 10.5. The summed E-state index contributed by atoms with van der Waals surface area (Å²) < 4.78 is 23.0. The molecule has 0 aliphatic rings. The van der Waals surface area contributed by atoms with Crippen molar-refractivity contribution >= 4 is 13.7 Å². The molecular formula is C44H85N2O6P. The van der Waals surface area contributed by atoms with E-state index in [1.807, 2.05) is 27.2 Å². The monoisotopic (exact) mass is 769 g/mol. The first-order chi connectivity index (χ1) is 25.5. The van der Waals surface area contributed by atoms with E-state index in [9.17, 15) is 19.4 Å². The molecule has 53 heavy (non-hydrogen) atoms. The molecule has 0 radical (unpaired) electrons. The van der Waals surface area contributed by atoms with Gasteiger partial charge in [0.05, 0.1) is 39.9 Å². The first-order valence-corrected chi connectivity index (χ1v) is 23.3. The molecule has 0 aromatic rings. The number of aliphatic hydroxyl groups excluding tert-OH is 1. The Labute approximate surface area is 327 Å². The Morgan fingerprint density at radius 2 is 1.06 bits per heavy atom. The van der Waals surface area contributed by atoms with Gasteiger partial charge in [-0.3, -0.25) is 9.36 Å². The predicted molar refractivity (Wildman–Crippen MR) is 224 cm³/mol. The number of carbonyl (C=O) groups excluding carboxylic acids is 1. The van der Waals surface area contributed by atoms with Crippen LogP contribution in [0.25, 0.3) is 0 Å². The summed E-state index contributed by atoms with van der Waals surface area (Å²) in [5, 5.41) is 13.6. The summed E-state index contributed by atoms with van der Waals surface area (Å²) in [5.41, 5.74) is 0. The summed E-state index contributed by atoms with van der Waals surface area (Å²) in [7, 11) is 1.23. The normalized spacial score (nSPS) is 14.8. The van der Waals surface area contributed by atoms with Crippen molar-refractivity contribution in [3.63, 3.8) is 0 Å². The molecule has 0 aliphatic heterocycles. The van der Waals surface area contributed by atoms with Gasteiger partial charge < -0.3 is 28.8 Å². The molecule has 3 unspecified atom stereocenters. The third-order valence-electron chi connectivity index (χ3n) is 9.58. The minimum atomic E-state index is -4.58. The molecule has 8 nitrogen and oxygen atoms in total. The summed E-state index contributed by atoms with van der Waals surface area (Å²) >= 11 is 0. The quantitative estimate of drug-likeness (QED) is 0.0279. The Balaban J connectivity index is 4.24. The Bertz CT molecular complexity index is 964. The van der Waals surface area contributed by atoms with Gasteiger partial charge >= 0.3 is 0 Å². The first-order valence-electron chi connectivity index (χ1n) is 21.9. The fourth-order valence-corrected chi connectivity index (χ4v) is 6.79. The number of phosphoric acid groups is 1. The fourth-order valence-electron chi connectivity index (χ4n) is 6.07. The molecule has 3 atom stereocenters. The number of amides is 1. The number of hydrogen-bond donors (Lipinski definition) is 2. The minimum Gasteiger partial charge on any atom is -0.756 e. The Morgan fingerprint density at radius 1 is 0.642 bits per heavy atom. The van der Waals surface area contributed by atoms with Gasteiger partial charge in [-0.15, -0.1) is 0 Å². The summed E-state index contributed by atoms with van der Waals surface area (Å²) in [6.07, 6.45) is 43.8. The summed E-state index contributed by atoms with van der Waals surface area (Å²) in [5.74, 6) is -0.222. The number of phosphoric ester groups is 1. The number of hydrogen-bond acceptors (Lipinski definition) is 6. The first kappa shape index (κ1) is 51.7. The number of aliphatic hydroxyl groups is 1. The lowest BCUT2D eigenvalue weighted by Gasteiger charge is -2.29. The number of allylic oxidation sites excluding steroid dienone is 5. The highest BCUT2D eigenvalue weighted by Gasteiger charge is 2.23. The maximum atomic E-state index is 12.6. The smallest absolute Gasteiger partial charge is 0.268 e. The highest BCUT2D eigenvalue weighted by molar-refractivity contribution is 7.45. The van der Waals surface area contributed by atoms with Gasteiger partial charge in [-0.2, -0.15) is 0 Å². The molecule has 0 saturated heterocycles. The third kappa shape index (κ3) is 38.8. The van der Waals surface area contributed by atoms with Crippen molar-refractivity contribution in [2.24, 2.45) is 0 Å². The van der Waals surface area contributed by atoms with Crippen molar-refractivity contribution in [1.82, 2.24) is 5.32 Å². The topological polar surface area (TPSA) is 108 Å². The number of nitrogens with one attached hydrogen (secondary N) is 1. The van der Waals surface area contributed by atoms with Crippen LogP contribution < -0.4 is 10.2 Å². The van der Waals surface area contributed by atoms with Gasteiger partial charge in [0.2, 0.25) is 5.91 Å². The van der Waals surface area contributed by atoms with Gasteiger partial charge in [-0.25, -0.2) is 0 Å². The number of nitrogens with zero attached hydrogens (tertiary/aromatic N) is 1. The van der Waals surface area contributed by atoms with E-state index in [-0.39, 0.29) is 12.5 Å². The molecule has 0 bridgehead atoms. The molecule has 1 amide bonds. The number of rotatable bonds is 39. The molecule has 0 heterocycles. The second-order valence-corrected chi connectivity index (χ2v) is 17.4. The van der Waals surface area contributed by atoms with E-state index in [1.54, 1.807) is 6.08 Å². The van der Waals surface area contributed by atoms with Gasteiger partial charge in [0.1, 0.15) is 13.2 Å². The lowest BCUT2D eigenvalue weighted by Crippen LogP contribution is -2.45. The second kappa shape index (κ2) is 36.4. The SMILES string of the molecule is CCCCCCCCCCCCCCCCC/C=C/CC/C=C/CC/C=C/C(O)C(COP(=O)([O-])OCC[N+](C)(C)C)NC(=O)CCCCCCCC. The van der Waals surface area contributed by atoms with E-state index in [1.165, 1.54) is 116 Å². The lowest BCUT2D eigenvalue weighted by molar-refractivity contribution is -0.870. The molecule has 312 valence electrons. The van der Waals surface area contributed by atoms with Crippen LogP contribution in [0.1, 0.15) is 187 Å². The molecule has 2 N–H and O–H groups in total. The van der Waals surface area contributed by atoms with Crippen LogP contribution in [0.15, 0.2) is 36.5 Å². The zero-order valence-electron chi connectivity index (χ0n) is 35.2. The number of unbranched alkanes of at least 4 members (excludes halogenated alkanes) is 22. The number of carbonyl (C=O) groups is 1. The van der Waals surface area contributed by atoms with Crippen LogP contribution in [0, 0.1) is 0 Å². The maximum Gasteiger partial charge on any atom is 0.268 e. The molecule has 0 rings (SSSR count). The molecule has 0 aromatic heterocycles. The van der Waals surface area contributed by atoms with Crippen LogP contribution >= 0.6 is 7.82 Å². The fraction of sp³-hybridized carbons (Fsp3) is 0.841. The van der Waals surface area contributed by atoms with E-state index in [2.05, 4.69) is 43.5 Å². The van der Waals surface area contributed by atoms with E-state index in [4.69, 9.17) is 9.05 Å². The average molecular weight is 769 g/mol. The van der Waals surface area contributed by atoms with Crippen molar-refractivity contribution < 1.29 is 32.9 Å². The number of quaternary nitrogens is 1. The van der Waals surface area contributed by atoms with Crippen molar-refractivity contribution in [1.29, 1.82) is 0 Å². The average Bonchev–Trinajstić information content (AvgIpc) is 3.10.